The molecule has 28 heavy (non-hydrogen) atoms. The Labute approximate surface area is 171 Å². The summed E-state index contributed by atoms with van der Waals surface area (Å²) < 4.78 is 1.73. The molecule has 10 heteroatoms. The number of nitrogens with one attached hydrogen (secondary N) is 1. The molecule has 0 spiro atoms. The molecule has 152 valence electrons. The van der Waals surface area contributed by atoms with Gasteiger partial charge >= 0.3 is 5.97 Å². The highest BCUT2D eigenvalue weighted by Gasteiger charge is 2.36. The predicted octanol–water partition coefficient (Wildman–Crippen LogP) is 0.913. The van der Waals surface area contributed by atoms with E-state index in [1.807, 2.05) is 12.3 Å². The number of aromatic nitrogens is 1. The van der Waals surface area contributed by atoms with Gasteiger partial charge in [-0.3, -0.25) is 19.2 Å². The van der Waals surface area contributed by atoms with Crippen molar-refractivity contribution in [1.29, 1.82) is 0 Å². The fourth-order valence-electron chi connectivity index (χ4n) is 3.88. The Bertz CT molecular complexity index is 841. The van der Waals surface area contributed by atoms with Crippen molar-refractivity contribution in [3.8, 4) is 0 Å². The summed E-state index contributed by atoms with van der Waals surface area (Å²) in [6.07, 6.45) is 2.75. The van der Waals surface area contributed by atoms with Gasteiger partial charge in [0.25, 0.3) is 5.56 Å². The number of carboxylic acids is 1. The molecule has 3 heterocycles. The second-order valence-electron chi connectivity index (χ2n) is 7.05. The van der Waals surface area contributed by atoms with Crippen LogP contribution in [0.2, 0.25) is 0 Å². The maximum atomic E-state index is 12.8. The van der Waals surface area contributed by atoms with Crippen molar-refractivity contribution in [2.45, 2.75) is 18.9 Å². The first kappa shape index (κ1) is 20.8. The number of pyridine rings is 1. The molecular formula is C18H23N3O5S2. The molecule has 8 nitrogen and oxygen atoms in total. The van der Waals surface area contributed by atoms with Gasteiger partial charge in [0.05, 0.1) is 17.3 Å². The quantitative estimate of drug-likeness (QED) is 0.668. The molecule has 2 aliphatic rings. The molecule has 1 saturated heterocycles. The number of hydrogen-bond donors (Lipinski definition) is 2. The van der Waals surface area contributed by atoms with Gasteiger partial charge in [0.2, 0.25) is 11.8 Å². The minimum atomic E-state index is -0.929. The number of carbonyl (C=O) groups excluding carboxylic acids is 2. The summed E-state index contributed by atoms with van der Waals surface area (Å²) in [4.78, 5) is 49.4. The normalized spacial score (nSPS) is 20.4. The Morgan fingerprint density at radius 1 is 1.18 bits per heavy atom. The number of rotatable bonds is 7. The van der Waals surface area contributed by atoms with Gasteiger partial charge in [-0.15, -0.1) is 11.8 Å². The van der Waals surface area contributed by atoms with Crippen LogP contribution < -0.4 is 10.9 Å². The molecule has 2 amide bonds. The Hall–Kier alpha value is -1.94. The van der Waals surface area contributed by atoms with Crippen molar-refractivity contribution in [3.05, 3.63) is 28.2 Å². The standard InChI is InChI=1S/C18H23N3O5S2/c1-27-8-15(22)19-13-2-3-14-12-4-11(6-21(14)18(13)26)5-20(7-12)16(23)9-28-10-17(24)25/h2-3,11-12H,4-10H2,1H3,(H,19,22)(H,24,25)/t11-,12-/m1/s1. The van der Waals surface area contributed by atoms with E-state index in [0.29, 0.717) is 31.1 Å². The zero-order chi connectivity index (χ0) is 20.3. The molecule has 0 radical (unpaired) electrons. The number of nitrogens with zero attached hydrogens (tertiary/aromatic N) is 2. The highest BCUT2D eigenvalue weighted by Crippen LogP contribution is 2.35. The minimum absolute atomic E-state index is 0.0577. The number of fused-ring (bicyclic) bond motifs is 4. The zero-order valence-corrected chi connectivity index (χ0v) is 17.2. The second-order valence-corrected chi connectivity index (χ2v) is 8.90. The van der Waals surface area contributed by atoms with Crippen LogP contribution in [0.1, 0.15) is 18.0 Å². The molecule has 1 aromatic rings. The van der Waals surface area contributed by atoms with Crippen molar-refractivity contribution < 1.29 is 19.5 Å². The molecule has 2 bridgehead atoms. The van der Waals surface area contributed by atoms with E-state index in [1.54, 1.807) is 15.5 Å². The van der Waals surface area contributed by atoms with Gasteiger partial charge in [0, 0.05) is 31.2 Å². The van der Waals surface area contributed by atoms with E-state index in [0.717, 1.165) is 23.9 Å². The number of carbonyl (C=O) groups is 3. The van der Waals surface area contributed by atoms with Crippen LogP contribution in [0.15, 0.2) is 16.9 Å². The van der Waals surface area contributed by atoms with Gasteiger partial charge in [-0.1, -0.05) is 0 Å². The SMILES string of the molecule is CSCC(=O)Nc1ccc2n(c1=O)C[C@@H]1C[C@@H]2CN(C(=O)CSCC(=O)O)C1. The van der Waals surface area contributed by atoms with Gasteiger partial charge in [-0.25, -0.2) is 0 Å². The van der Waals surface area contributed by atoms with Crippen LogP contribution in [-0.2, 0) is 20.9 Å². The lowest BCUT2D eigenvalue weighted by Crippen LogP contribution is -2.49. The van der Waals surface area contributed by atoms with E-state index in [1.165, 1.54) is 11.8 Å². The minimum Gasteiger partial charge on any atom is -0.481 e. The van der Waals surface area contributed by atoms with E-state index in [9.17, 15) is 19.2 Å². The van der Waals surface area contributed by atoms with Gasteiger partial charge < -0.3 is 19.9 Å². The lowest BCUT2D eigenvalue weighted by molar-refractivity contribution is -0.134. The highest BCUT2D eigenvalue weighted by atomic mass is 32.2. The summed E-state index contributed by atoms with van der Waals surface area (Å²) in [6, 6.07) is 3.51. The number of hydrogen-bond acceptors (Lipinski definition) is 6. The van der Waals surface area contributed by atoms with Gasteiger partial charge in [-0.05, 0) is 30.7 Å². The van der Waals surface area contributed by atoms with Crippen molar-refractivity contribution in [1.82, 2.24) is 9.47 Å². The Kier molecular flexibility index (Phi) is 6.71. The van der Waals surface area contributed by atoms with Crippen molar-refractivity contribution >= 4 is 47.0 Å². The van der Waals surface area contributed by atoms with E-state index >= 15 is 0 Å². The van der Waals surface area contributed by atoms with Gasteiger partial charge in [0.15, 0.2) is 0 Å². The second kappa shape index (κ2) is 9.04. The van der Waals surface area contributed by atoms with Crippen LogP contribution in [0.3, 0.4) is 0 Å². The number of anilines is 1. The largest absolute Gasteiger partial charge is 0.481 e. The summed E-state index contributed by atoms with van der Waals surface area (Å²) in [5.74, 6) is -0.575. The maximum Gasteiger partial charge on any atom is 0.313 e. The van der Waals surface area contributed by atoms with Crippen LogP contribution in [0, 0.1) is 5.92 Å². The van der Waals surface area contributed by atoms with Crippen molar-refractivity contribution in [2.75, 3.05) is 41.9 Å². The van der Waals surface area contributed by atoms with Crippen LogP contribution in [0.25, 0.3) is 0 Å². The molecular weight excluding hydrogens is 402 g/mol. The summed E-state index contributed by atoms with van der Waals surface area (Å²) in [6.45, 7) is 1.61. The van der Waals surface area contributed by atoms with Crippen LogP contribution in [-0.4, -0.2) is 69.0 Å². The summed E-state index contributed by atoms with van der Waals surface area (Å²) in [5, 5.41) is 11.4. The summed E-state index contributed by atoms with van der Waals surface area (Å²) >= 11 is 2.50. The average molecular weight is 426 g/mol. The Balaban J connectivity index is 1.72. The zero-order valence-electron chi connectivity index (χ0n) is 15.6. The smallest absolute Gasteiger partial charge is 0.313 e. The van der Waals surface area contributed by atoms with Gasteiger partial charge in [-0.2, -0.15) is 11.8 Å². The topological polar surface area (TPSA) is 109 Å². The number of amides is 2. The Morgan fingerprint density at radius 2 is 1.96 bits per heavy atom. The fourth-order valence-corrected chi connectivity index (χ4v) is 4.85. The molecule has 2 aliphatic heterocycles. The number of likely N-dealkylation sites (tertiary alicyclic amines) is 1. The first-order valence-electron chi connectivity index (χ1n) is 8.99. The van der Waals surface area contributed by atoms with Crippen LogP contribution in [0.4, 0.5) is 5.69 Å². The first-order chi connectivity index (χ1) is 13.4. The molecule has 1 fully saturated rings. The molecule has 0 aromatic carbocycles. The number of aliphatic carboxylic acids is 1. The van der Waals surface area contributed by atoms with E-state index < -0.39 is 5.97 Å². The summed E-state index contributed by atoms with van der Waals surface area (Å²) in [7, 11) is 0. The lowest BCUT2D eigenvalue weighted by atomic mass is 9.83. The number of carboxylic acid groups (broad SMARTS) is 1. The summed E-state index contributed by atoms with van der Waals surface area (Å²) in [5.41, 5.74) is 0.985. The molecule has 0 saturated carbocycles. The van der Waals surface area contributed by atoms with E-state index in [4.69, 9.17) is 5.11 Å². The van der Waals surface area contributed by atoms with E-state index in [-0.39, 0.29) is 40.7 Å². The van der Waals surface area contributed by atoms with E-state index in [2.05, 4.69) is 5.32 Å². The predicted molar refractivity (Wildman–Crippen MR) is 110 cm³/mol. The third-order valence-electron chi connectivity index (χ3n) is 4.96. The molecule has 1 aromatic heterocycles. The first-order valence-corrected chi connectivity index (χ1v) is 11.5. The van der Waals surface area contributed by atoms with Crippen molar-refractivity contribution in [2.24, 2.45) is 5.92 Å². The maximum absolute atomic E-state index is 12.8. The molecule has 0 unspecified atom stereocenters. The monoisotopic (exact) mass is 425 g/mol. The lowest BCUT2D eigenvalue weighted by Gasteiger charge is -2.43. The third-order valence-corrected chi connectivity index (χ3v) is 6.41. The van der Waals surface area contributed by atoms with Gasteiger partial charge in [0.1, 0.15) is 5.69 Å². The molecule has 2 atom stereocenters. The average Bonchev–Trinajstić information content (AvgIpc) is 2.64. The number of thioether (sulfide) groups is 2. The third kappa shape index (κ3) is 4.72. The van der Waals surface area contributed by atoms with Crippen LogP contribution >= 0.6 is 23.5 Å². The highest BCUT2D eigenvalue weighted by molar-refractivity contribution is 8.00. The fraction of sp³-hybridized carbons (Fsp3) is 0.556. The van der Waals surface area contributed by atoms with Crippen LogP contribution in [0.5, 0.6) is 0 Å². The Morgan fingerprint density at radius 3 is 2.68 bits per heavy atom. The molecule has 0 aliphatic carbocycles. The van der Waals surface area contributed by atoms with Crippen molar-refractivity contribution in [3.63, 3.8) is 0 Å². The molecule has 3 rings (SSSR count). The molecule has 2 N–H and O–H groups in total. The number of piperidine rings is 1.